The first-order chi connectivity index (χ1) is 13.3. The van der Waals surface area contributed by atoms with E-state index in [0.29, 0.717) is 23.9 Å². The normalized spacial score (nSPS) is 12.7. The van der Waals surface area contributed by atoms with Crippen LogP contribution in [-0.2, 0) is 0 Å². The first-order valence-electron chi connectivity index (χ1n) is 9.87. The number of fused-ring (bicyclic) bond motifs is 1. The number of aromatic nitrogens is 2. The SMILES string of the molecule is Cc1ccc2c(N(CC(N)C(C)C)C(C)C)nc(-c3ccccc3O)nc2c1. The molecule has 0 aliphatic rings. The number of aryl methyl sites for hydroxylation is 1. The van der Waals surface area contributed by atoms with E-state index >= 15 is 0 Å². The van der Waals surface area contributed by atoms with Crippen molar-refractivity contribution in [1.82, 2.24) is 9.97 Å². The van der Waals surface area contributed by atoms with Gasteiger partial charge in [-0.25, -0.2) is 9.97 Å². The van der Waals surface area contributed by atoms with E-state index in [-0.39, 0.29) is 17.8 Å². The molecule has 1 heterocycles. The molecule has 0 aliphatic carbocycles. The van der Waals surface area contributed by atoms with Crippen LogP contribution >= 0.6 is 0 Å². The van der Waals surface area contributed by atoms with Gasteiger partial charge in [0, 0.05) is 24.0 Å². The minimum Gasteiger partial charge on any atom is -0.507 e. The molecular formula is C23H30N4O. The molecule has 148 valence electrons. The highest BCUT2D eigenvalue weighted by atomic mass is 16.3. The van der Waals surface area contributed by atoms with Gasteiger partial charge in [-0.3, -0.25) is 0 Å². The van der Waals surface area contributed by atoms with Gasteiger partial charge in [-0.2, -0.15) is 0 Å². The zero-order valence-electron chi connectivity index (χ0n) is 17.3. The smallest absolute Gasteiger partial charge is 0.165 e. The third kappa shape index (κ3) is 4.09. The van der Waals surface area contributed by atoms with Gasteiger partial charge >= 0.3 is 0 Å². The Kier molecular flexibility index (Phi) is 5.84. The summed E-state index contributed by atoms with van der Waals surface area (Å²) >= 11 is 0. The van der Waals surface area contributed by atoms with E-state index in [1.54, 1.807) is 12.1 Å². The molecule has 0 spiro atoms. The highest BCUT2D eigenvalue weighted by Gasteiger charge is 2.22. The predicted molar refractivity (Wildman–Crippen MR) is 117 cm³/mol. The molecule has 0 saturated carbocycles. The Bertz CT molecular complexity index is 968. The lowest BCUT2D eigenvalue weighted by atomic mass is 10.0. The van der Waals surface area contributed by atoms with Crippen LogP contribution in [-0.4, -0.2) is 33.7 Å². The molecule has 0 aliphatic heterocycles. The van der Waals surface area contributed by atoms with Crippen LogP contribution in [0, 0.1) is 12.8 Å². The summed E-state index contributed by atoms with van der Waals surface area (Å²) in [7, 11) is 0. The highest BCUT2D eigenvalue weighted by molar-refractivity contribution is 5.92. The summed E-state index contributed by atoms with van der Waals surface area (Å²) in [5.74, 6) is 1.92. The summed E-state index contributed by atoms with van der Waals surface area (Å²) in [4.78, 5) is 11.9. The molecule has 2 aromatic carbocycles. The van der Waals surface area contributed by atoms with Crippen LogP contribution < -0.4 is 10.6 Å². The minimum atomic E-state index is 0.0337. The molecule has 0 radical (unpaired) electrons. The van der Waals surface area contributed by atoms with Gasteiger partial charge in [0.1, 0.15) is 11.6 Å². The van der Waals surface area contributed by atoms with Crippen molar-refractivity contribution >= 4 is 16.7 Å². The van der Waals surface area contributed by atoms with E-state index in [1.165, 1.54) is 0 Å². The van der Waals surface area contributed by atoms with E-state index < -0.39 is 0 Å². The van der Waals surface area contributed by atoms with Crippen LogP contribution in [0.3, 0.4) is 0 Å². The van der Waals surface area contributed by atoms with E-state index in [0.717, 1.165) is 22.3 Å². The van der Waals surface area contributed by atoms with Gasteiger partial charge in [0.25, 0.3) is 0 Å². The average Bonchev–Trinajstić information content (AvgIpc) is 2.64. The second-order valence-corrected chi connectivity index (χ2v) is 8.06. The van der Waals surface area contributed by atoms with Gasteiger partial charge in [0.2, 0.25) is 0 Å². The maximum atomic E-state index is 10.3. The predicted octanol–water partition coefficient (Wildman–Crippen LogP) is 4.51. The summed E-state index contributed by atoms with van der Waals surface area (Å²) in [6.07, 6.45) is 0. The molecule has 5 heteroatoms. The lowest BCUT2D eigenvalue weighted by Crippen LogP contribution is -2.44. The summed E-state index contributed by atoms with van der Waals surface area (Å²) in [5, 5.41) is 11.3. The Morgan fingerprint density at radius 1 is 1.04 bits per heavy atom. The Morgan fingerprint density at radius 2 is 1.75 bits per heavy atom. The number of nitrogens with two attached hydrogens (primary N) is 1. The van der Waals surface area contributed by atoms with E-state index in [2.05, 4.69) is 57.7 Å². The van der Waals surface area contributed by atoms with Gasteiger partial charge in [0.05, 0.1) is 11.1 Å². The maximum absolute atomic E-state index is 10.3. The molecule has 0 amide bonds. The minimum absolute atomic E-state index is 0.0337. The molecule has 5 nitrogen and oxygen atoms in total. The first kappa shape index (κ1) is 20.1. The molecule has 28 heavy (non-hydrogen) atoms. The zero-order valence-corrected chi connectivity index (χ0v) is 17.3. The number of hydrogen-bond acceptors (Lipinski definition) is 5. The monoisotopic (exact) mass is 378 g/mol. The van der Waals surface area contributed by atoms with Crippen LogP contribution in [0.5, 0.6) is 5.75 Å². The summed E-state index contributed by atoms with van der Waals surface area (Å²) < 4.78 is 0. The number of benzene rings is 2. The van der Waals surface area contributed by atoms with Crippen molar-refractivity contribution < 1.29 is 5.11 Å². The second kappa shape index (κ2) is 8.15. The zero-order chi connectivity index (χ0) is 20.4. The average molecular weight is 379 g/mol. The van der Waals surface area contributed by atoms with Crippen LogP contribution in [0.15, 0.2) is 42.5 Å². The molecule has 3 rings (SSSR count). The fraction of sp³-hybridized carbons (Fsp3) is 0.391. The van der Waals surface area contributed by atoms with Crippen molar-refractivity contribution in [3.05, 3.63) is 48.0 Å². The molecule has 3 N–H and O–H groups in total. The van der Waals surface area contributed by atoms with Gasteiger partial charge in [-0.1, -0.05) is 32.0 Å². The molecule has 3 aromatic rings. The van der Waals surface area contributed by atoms with Crippen LogP contribution in [0.25, 0.3) is 22.3 Å². The number of phenols is 1. The molecule has 1 atom stereocenters. The van der Waals surface area contributed by atoms with Gasteiger partial charge in [-0.05, 0) is 56.5 Å². The van der Waals surface area contributed by atoms with E-state index in [4.69, 9.17) is 15.7 Å². The second-order valence-electron chi connectivity index (χ2n) is 8.06. The highest BCUT2D eigenvalue weighted by Crippen LogP contribution is 2.32. The molecule has 1 aromatic heterocycles. The standard InChI is InChI=1S/C23H30N4O/c1-14(2)19(24)13-27(15(3)4)23-17-11-10-16(5)12-20(17)25-22(26-23)18-8-6-7-9-21(18)28/h6-12,14-15,19,28H,13,24H2,1-5H3. The topological polar surface area (TPSA) is 75.3 Å². The molecule has 1 unspecified atom stereocenters. The van der Waals surface area contributed by atoms with Crippen molar-refractivity contribution in [1.29, 1.82) is 0 Å². The summed E-state index contributed by atoms with van der Waals surface area (Å²) in [6.45, 7) is 11.3. The van der Waals surface area contributed by atoms with Crippen molar-refractivity contribution in [3.8, 4) is 17.1 Å². The Hall–Kier alpha value is -2.66. The number of hydrogen-bond donors (Lipinski definition) is 2. The molecule has 0 saturated heterocycles. The number of para-hydroxylation sites is 1. The van der Waals surface area contributed by atoms with Crippen molar-refractivity contribution in [2.45, 2.75) is 46.7 Å². The first-order valence-corrected chi connectivity index (χ1v) is 9.87. The van der Waals surface area contributed by atoms with E-state index in [1.807, 2.05) is 12.1 Å². The summed E-state index contributed by atoms with van der Waals surface area (Å²) in [5.41, 5.74) is 9.04. The lowest BCUT2D eigenvalue weighted by Gasteiger charge is -2.33. The molecule has 0 bridgehead atoms. The van der Waals surface area contributed by atoms with Gasteiger partial charge in [0.15, 0.2) is 5.82 Å². The fourth-order valence-corrected chi connectivity index (χ4v) is 3.20. The lowest BCUT2D eigenvalue weighted by molar-refractivity contribution is 0.471. The van der Waals surface area contributed by atoms with Crippen molar-refractivity contribution in [2.75, 3.05) is 11.4 Å². The third-order valence-electron chi connectivity index (χ3n) is 5.14. The maximum Gasteiger partial charge on any atom is 0.165 e. The molecular weight excluding hydrogens is 348 g/mol. The van der Waals surface area contributed by atoms with Crippen molar-refractivity contribution in [2.24, 2.45) is 11.7 Å². The van der Waals surface area contributed by atoms with Crippen LogP contribution in [0.1, 0.15) is 33.3 Å². The number of phenolic OH excluding ortho intramolecular Hbond substituents is 1. The van der Waals surface area contributed by atoms with Crippen LogP contribution in [0.4, 0.5) is 5.82 Å². The van der Waals surface area contributed by atoms with Crippen LogP contribution in [0.2, 0.25) is 0 Å². The fourth-order valence-electron chi connectivity index (χ4n) is 3.20. The Morgan fingerprint density at radius 3 is 2.39 bits per heavy atom. The van der Waals surface area contributed by atoms with Gasteiger partial charge < -0.3 is 15.7 Å². The number of aromatic hydroxyl groups is 1. The van der Waals surface area contributed by atoms with Gasteiger partial charge in [-0.15, -0.1) is 0 Å². The number of rotatable bonds is 6. The molecule has 0 fully saturated rings. The Labute approximate surface area is 167 Å². The third-order valence-corrected chi connectivity index (χ3v) is 5.14. The summed E-state index contributed by atoms with van der Waals surface area (Å²) in [6, 6.07) is 13.7. The number of nitrogens with zero attached hydrogens (tertiary/aromatic N) is 3. The number of anilines is 1. The van der Waals surface area contributed by atoms with E-state index in [9.17, 15) is 5.11 Å². The quantitative estimate of drug-likeness (QED) is 0.660. The van der Waals surface area contributed by atoms with Crippen molar-refractivity contribution in [3.63, 3.8) is 0 Å². The Balaban J connectivity index is 2.23. The largest absolute Gasteiger partial charge is 0.507 e.